The number of urea groups is 1. The van der Waals surface area contributed by atoms with E-state index in [1.165, 1.54) is 12.3 Å². The van der Waals surface area contributed by atoms with Gasteiger partial charge in [-0.15, -0.1) is 0 Å². The van der Waals surface area contributed by atoms with E-state index < -0.39 is 18.5 Å². The van der Waals surface area contributed by atoms with Gasteiger partial charge in [-0.1, -0.05) is 17.7 Å². The molecule has 0 fully saturated rings. The van der Waals surface area contributed by atoms with Gasteiger partial charge < -0.3 is 14.8 Å². The van der Waals surface area contributed by atoms with Gasteiger partial charge in [0.1, 0.15) is 12.3 Å². The van der Waals surface area contributed by atoms with Gasteiger partial charge in [0.25, 0.3) is 0 Å². The summed E-state index contributed by atoms with van der Waals surface area (Å²) >= 11 is 5.87. The highest BCUT2D eigenvalue weighted by atomic mass is 35.5. The zero-order valence-corrected chi connectivity index (χ0v) is 11.7. The van der Waals surface area contributed by atoms with Crippen molar-refractivity contribution in [3.05, 3.63) is 53.4 Å². The highest BCUT2D eigenvalue weighted by Crippen LogP contribution is 2.19. The van der Waals surface area contributed by atoms with Crippen molar-refractivity contribution in [2.45, 2.75) is 6.54 Å². The number of hydrogen-bond donors (Lipinski definition) is 2. The maximum Gasteiger partial charge on any atom is 0.323 e. The van der Waals surface area contributed by atoms with Gasteiger partial charge in [-0.05, 0) is 30.3 Å². The van der Waals surface area contributed by atoms with E-state index in [2.05, 4.69) is 5.32 Å². The maximum absolute atomic E-state index is 12.2. The number of halogens is 1. The van der Waals surface area contributed by atoms with Crippen LogP contribution in [0.4, 0.5) is 10.5 Å². The molecule has 0 atom stereocenters. The molecule has 0 saturated carbocycles. The molecule has 0 bridgehead atoms. The zero-order valence-electron chi connectivity index (χ0n) is 11.0. The third-order valence-electron chi connectivity index (χ3n) is 2.65. The van der Waals surface area contributed by atoms with Crippen molar-refractivity contribution < 1.29 is 19.1 Å². The van der Waals surface area contributed by atoms with Crippen LogP contribution in [0.25, 0.3) is 0 Å². The predicted molar refractivity (Wildman–Crippen MR) is 77.4 cm³/mol. The molecule has 0 aliphatic carbocycles. The molecular weight excluding hydrogens is 296 g/mol. The quantitative estimate of drug-likeness (QED) is 0.889. The lowest BCUT2D eigenvalue weighted by Crippen LogP contribution is -2.42. The van der Waals surface area contributed by atoms with Gasteiger partial charge in [-0.2, -0.15) is 0 Å². The van der Waals surface area contributed by atoms with Crippen molar-refractivity contribution in [2.75, 3.05) is 11.4 Å². The van der Waals surface area contributed by atoms with Gasteiger partial charge in [-0.25, -0.2) is 4.79 Å². The lowest BCUT2D eigenvalue weighted by Gasteiger charge is -2.21. The van der Waals surface area contributed by atoms with E-state index in [0.29, 0.717) is 16.5 Å². The number of benzene rings is 1. The molecule has 2 aromatic rings. The van der Waals surface area contributed by atoms with E-state index in [4.69, 9.17) is 21.1 Å². The SMILES string of the molecule is O=C(O)CN(C(=O)NCc1ccco1)c1cccc(Cl)c1. The maximum atomic E-state index is 12.2. The van der Waals surface area contributed by atoms with E-state index >= 15 is 0 Å². The molecule has 0 saturated heterocycles. The monoisotopic (exact) mass is 308 g/mol. The molecule has 0 spiro atoms. The Bertz CT molecular complexity index is 628. The highest BCUT2D eigenvalue weighted by molar-refractivity contribution is 6.30. The van der Waals surface area contributed by atoms with Gasteiger partial charge in [0.2, 0.25) is 0 Å². The Balaban J connectivity index is 2.11. The predicted octanol–water partition coefficient (Wildman–Crippen LogP) is 2.73. The second-order valence-corrected chi connectivity index (χ2v) is 4.63. The van der Waals surface area contributed by atoms with Crippen LogP contribution in [0.15, 0.2) is 47.1 Å². The summed E-state index contributed by atoms with van der Waals surface area (Å²) in [5.74, 6) is -0.548. The van der Waals surface area contributed by atoms with Crippen molar-refractivity contribution in [3.8, 4) is 0 Å². The van der Waals surface area contributed by atoms with Crippen LogP contribution >= 0.6 is 11.6 Å². The Kier molecular flexibility index (Phi) is 4.84. The summed E-state index contributed by atoms with van der Waals surface area (Å²) in [7, 11) is 0. The summed E-state index contributed by atoms with van der Waals surface area (Å²) in [5.41, 5.74) is 0.404. The largest absolute Gasteiger partial charge is 0.480 e. The number of amides is 2. The minimum absolute atomic E-state index is 0.169. The first-order valence-corrected chi connectivity index (χ1v) is 6.49. The Hall–Kier alpha value is -2.47. The first-order valence-electron chi connectivity index (χ1n) is 6.11. The first kappa shape index (κ1) is 14.9. The average Bonchev–Trinajstić information content (AvgIpc) is 2.95. The number of nitrogens with one attached hydrogen (secondary N) is 1. The van der Waals surface area contributed by atoms with Crippen molar-refractivity contribution in [1.82, 2.24) is 5.32 Å². The van der Waals surface area contributed by atoms with Crippen molar-refractivity contribution >= 4 is 29.3 Å². The van der Waals surface area contributed by atoms with Crippen molar-refractivity contribution in [1.29, 1.82) is 0 Å². The Morgan fingerprint density at radius 1 is 1.29 bits per heavy atom. The number of rotatable bonds is 5. The van der Waals surface area contributed by atoms with E-state index in [9.17, 15) is 9.59 Å². The summed E-state index contributed by atoms with van der Waals surface area (Å²) in [5, 5.41) is 12.0. The molecule has 1 heterocycles. The minimum atomic E-state index is -1.12. The minimum Gasteiger partial charge on any atom is -0.480 e. The van der Waals surface area contributed by atoms with Crippen LogP contribution in [-0.2, 0) is 11.3 Å². The van der Waals surface area contributed by atoms with E-state index in [0.717, 1.165) is 4.90 Å². The van der Waals surface area contributed by atoms with E-state index in [-0.39, 0.29) is 6.54 Å². The number of furan rings is 1. The molecule has 2 rings (SSSR count). The first-order chi connectivity index (χ1) is 10.1. The third-order valence-corrected chi connectivity index (χ3v) is 2.89. The van der Waals surface area contributed by atoms with Gasteiger partial charge in [0.15, 0.2) is 0 Å². The molecule has 21 heavy (non-hydrogen) atoms. The number of anilines is 1. The molecular formula is C14H13ClN2O4. The normalized spacial score (nSPS) is 10.1. The summed E-state index contributed by atoms with van der Waals surface area (Å²) in [4.78, 5) is 24.2. The smallest absolute Gasteiger partial charge is 0.323 e. The van der Waals surface area contributed by atoms with Gasteiger partial charge in [0, 0.05) is 10.7 Å². The van der Waals surface area contributed by atoms with Gasteiger partial charge in [0.05, 0.1) is 12.8 Å². The molecule has 0 radical (unpaired) electrons. The topological polar surface area (TPSA) is 82.8 Å². The lowest BCUT2D eigenvalue weighted by molar-refractivity contribution is -0.135. The summed E-state index contributed by atoms with van der Waals surface area (Å²) in [6.45, 7) is -0.299. The molecule has 1 aromatic heterocycles. The van der Waals surface area contributed by atoms with Crippen LogP contribution in [0.5, 0.6) is 0 Å². The fourth-order valence-electron chi connectivity index (χ4n) is 1.73. The zero-order chi connectivity index (χ0) is 15.2. The molecule has 1 aromatic carbocycles. The Morgan fingerprint density at radius 3 is 2.71 bits per heavy atom. The van der Waals surface area contributed by atoms with Crippen molar-refractivity contribution in [3.63, 3.8) is 0 Å². The number of aliphatic carboxylic acids is 1. The molecule has 2 N–H and O–H groups in total. The Labute approximate surface area is 125 Å². The second-order valence-electron chi connectivity index (χ2n) is 4.20. The van der Waals surface area contributed by atoms with Crippen LogP contribution in [0.3, 0.4) is 0 Å². The van der Waals surface area contributed by atoms with Crippen LogP contribution in [0.2, 0.25) is 5.02 Å². The van der Waals surface area contributed by atoms with Crippen molar-refractivity contribution in [2.24, 2.45) is 0 Å². The number of carbonyl (C=O) groups excluding carboxylic acids is 1. The number of carboxylic acids is 1. The molecule has 0 aliphatic rings. The Morgan fingerprint density at radius 2 is 2.10 bits per heavy atom. The van der Waals surface area contributed by atoms with E-state index in [1.54, 1.807) is 30.3 Å². The number of hydrogen-bond acceptors (Lipinski definition) is 3. The van der Waals surface area contributed by atoms with Gasteiger partial charge >= 0.3 is 12.0 Å². The van der Waals surface area contributed by atoms with Crippen LogP contribution in [0.1, 0.15) is 5.76 Å². The molecule has 7 heteroatoms. The van der Waals surface area contributed by atoms with Crippen LogP contribution in [-0.4, -0.2) is 23.7 Å². The van der Waals surface area contributed by atoms with Gasteiger partial charge in [-0.3, -0.25) is 9.69 Å². The number of nitrogens with zero attached hydrogens (tertiary/aromatic N) is 1. The molecule has 6 nitrogen and oxygen atoms in total. The standard InChI is InChI=1S/C14H13ClN2O4/c15-10-3-1-4-11(7-10)17(9-13(18)19)14(20)16-8-12-5-2-6-21-12/h1-7H,8-9H2,(H,16,20)(H,18,19). The molecule has 2 amide bonds. The van der Waals surface area contributed by atoms with E-state index in [1.807, 2.05) is 0 Å². The molecule has 0 aliphatic heterocycles. The highest BCUT2D eigenvalue weighted by Gasteiger charge is 2.19. The summed E-state index contributed by atoms with van der Waals surface area (Å²) < 4.78 is 5.10. The van der Waals surface area contributed by atoms with Crippen LogP contribution in [0, 0.1) is 0 Å². The fourth-order valence-corrected chi connectivity index (χ4v) is 1.92. The lowest BCUT2D eigenvalue weighted by atomic mass is 10.3. The molecule has 0 unspecified atom stereocenters. The number of carbonyl (C=O) groups is 2. The fraction of sp³-hybridized carbons (Fsp3) is 0.143. The second kappa shape index (κ2) is 6.81. The van der Waals surface area contributed by atoms with Crippen LogP contribution < -0.4 is 10.2 Å². The third kappa shape index (κ3) is 4.25. The summed E-state index contributed by atoms with van der Waals surface area (Å²) in [6.07, 6.45) is 1.49. The average molecular weight is 309 g/mol. The number of carboxylic acid groups (broad SMARTS) is 1. The molecule has 110 valence electrons. The summed E-state index contributed by atoms with van der Waals surface area (Å²) in [6, 6.07) is 9.29.